The van der Waals surface area contributed by atoms with Gasteiger partial charge in [-0.1, -0.05) is 6.07 Å². The summed E-state index contributed by atoms with van der Waals surface area (Å²) in [5.41, 5.74) is 0.609. The molecule has 2 rings (SSSR count). The molecule has 0 unspecified atom stereocenters. The molecule has 0 amide bonds. The number of aromatic carboxylic acids is 1. The van der Waals surface area contributed by atoms with E-state index in [4.69, 9.17) is 22.4 Å². The maximum absolute atomic E-state index is 10.8. The van der Waals surface area contributed by atoms with E-state index in [1.54, 1.807) is 12.1 Å². The van der Waals surface area contributed by atoms with Crippen molar-refractivity contribution < 1.29 is 15.0 Å². The molecule has 0 aliphatic rings. The molecule has 0 atom stereocenters. The van der Waals surface area contributed by atoms with Gasteiger partial charge < -0.3 is 10.2 Å². The molecule has 1 aromatic carbocycles. The zero-order valence-corrected chi connectivity index (χ0v) is 9.33. The molecule has 0 aliphatic heterocycles. The van der Waals surface area contributed by atoms with Crippen molar-refractivity contribution in [3.05, 3.63) is 34.6 Å². The second-order valence-electron chi connectivity index (χ2n) is 3.17. The molecule has 0 saturated carbocycles. The lowest BCUT2D eigenvalue weighted by Gasteiger charge is -2.00. The van der Waals surface area contributed by atoms with Gasteiger partial charge in [-0.15, -0.1) is 0 Å². The normalized spacial score (nSPS) is 10.4. The molecular formula is C9H8N4O3S. The molecular weight excluding hydrogens is 244 g/mol. The number of carboxylic acid groups (broad SMARTS) is 1. The third-order valence-corrected chi connectivity index (χ3v) is 2.49. The average molecular weight is 252 g/mol. The molecule has 0 saturated heterocycles. The molecule has 0 fully saturated rings. The molecule has 0 aliphatic carbocycles. The second-order valence-corrected chi connectivity index (χ2v) is 3.53. The van der Waals surface area contributed by atoms with Gasteiger partial charge in [-0.05, 0) is 40.8 Å². The molecule has 1 heterocycles. The number of nitrogens with zero attached hydrogens (tertiary/aromatic N) is 4. The standard InChI is InChI=1S/C9H8N4O3S/c14-5-12-9(17)13(11-10-12)7-3-1-2-6(4-7)8(15)16/h1-4,14H,5H2,(H,15,16). The van der Waals surface area contributed by atoms with E-state index < -0.39 is 5.97 Å². The number of carbonyl (C=O) groups is 1. The van der Waals surface area contributed by atoms with Gasteiger partial charge >= 0.3 is 5.97 Å². The van der Waals surface area contributed by atoms with Crippen LogP contribution < -0.4 is 0 Å². The highest BCUT2D eigenvalue weighted by molar-refractivity contribution is 7.71. The fourth-order valence-corrected chi connectivity index (χ4v) is 1.53. The zero-order valence-electron chi connectivity index (χ0n) is 8.52. The fourth-order valence-electron chi connectivity index (χ4n) is 1.30. The summed E-state index contributed by atoms with van der Waals surface area (Å²) in [4.78, 5) is 10.8. The minimum Gasteiger partial charge on any atom is -0.478 e. The Kier molecular flexibility index (Phi) is 2.98. The number of tetrazole rings is 1. The molecule has 0 bridgehead atoms. The van der Waals surface area contributed by atoms with Gasteiger partial charge in [0, 0.05) is 0 Å². The Morgan fingerprint density at radius 3 is 2.76 bits per heavy atom. The molecule has 0 radical (unpaired) electrons. The Bertz CT molecular complexity index is 619. The third kappa shape index (κ3) is 2.08. The van der Waals surface area contributed by atoms with Crippen molar-refractivity contribution in [3.63, 3.8) is 0 Å². The van der Waals surface area contributed by atoms with Crippen LogP contribution in [0.25, 0.3) is 5.69 Å². The number of hydrogen-bond donors (Lipinski definition) is 2. The molecule has 7 nitrogen and oxygen atoms in total. The van der Waals surface area contributed by atoms with E-state index in [2.05, 4.69) is 10.4 Å². The first-order valence-corrected chi connectivity index (χ1v) is 5.01. The summed E-state index contributed by atoms with van der Waals surface area (Å²) in [6.45, 7) is -0.378. The van der Waals surface area contributed by atoms with Crippen LogP contribution in [0.2, 0.25) is 0 Å². The highest BCUT2D eigenvalue weighted by Gasteiger charge is 2.08. The number of aromatic nitrogens is 4. The predicted molar refractivity (Wildman–Crippen MR) is 59.4 cm³/mol. The van der Waals surface area contributed by atoms with Gasteiger partial charge in [-0.3, -0.25) is 0 Å². The summed E-state index contributed by atoms with van der Waals surface area (Å²) in [5, 5.41) is 25.1. The minimum absolute atomic E-state index is 0.128. The summed E-state index contributed by atoms with van der Waals surface area (Å²) >= 11 is 5.01. The predicted octanol–water partition coefficient (Wildman–Crippen LogP) is 0.446. The van der Waals surface area contributed by atoms with Crippen molar-refractivity contribution in [3.8, 4) is 5.69 Å². The van der Waals surface area contributed by atoms with Crippen molar-refractivity contribution in [1.29, 1.82) is 0 Å². The number of benzene rings is 1. The molecule has 8 heteroatoms. The largest absolute Gasteiger partial charge is 0.478 e. The monoisotopic (exact) mass is 252 g/mol. The number of aliphatic hydroxyl groups is 1. The van der Waals surface area contributed by atoms with Crippen LogP contribution in [-0.4, -0.2) is 36.0 Å². The first kappa shape index (κ1) is 11.4. The first-order chi connectivity index (χ1) is 8.13. The molecule has 0 spiro atoms. The highest BCUT2D eigenvalue weighted by Crippen LogP contribution is 2.10. The fraction of sp³-hybridized carbons (Fsp3) is 0.111. The number of aliphatic hydroxyl groups excluding tert-OH is 1. The molecule has 2 aromatic rings. The number of hydrogen-bond acceptors (Lipinski definition) is 5. The van der Waals surface area contributed by atoms with Crippen LogP contribution in [0.1, 0.15) is 10.4 Å². The van der Waals surface area contributed by atoms with E-state index in [1.165, 1.54) is 16.8 Å². The van der Waals surface area contributed by atoms with Crippen LogP contribution in [0.4, 0.5) is 0 Å². The van der Waals surface area contributed by atoms with Crippen molar-refractivity contribution >= 4 is 18.2 Å². The summed E-state index contributed by atoms with van der Waals surface area (Å²) in [5.74, 6) is -1.03. The molecule has 2 N–H and O–H groups in total. The maximum Gasteiger partial charge on any atom is 0.335 e. The van der Waals surface area contributed by atoms with E-state index >= 15 is 0 Å². The quantitative estimate of drug-likeness (QED) is 0.770. The van der Waals surface area contributed by atoms with Crippen LogP contribution in [0.15, 0.2) is 24.3 Å². The smallest absolute Gasteiger partial charge is 0.335 e. The zero-order chi connectivity index (χ0) is 12.4. The second kappa shape index (κ2) is 4.44. The van der Waals surface area contributed by atoms with Crippen molar-refractivity contribution in [2.24, 2.45) is 0 Å². The van der Waals surface area contributed by atoms with Crippen LogP contribution >= 0.6 is 12.2 Å². The van der Waals surface area contributed by atoms with Crippen LogP contribution in [0.3, 0.4) is 0 Å². The molecule has 1 aromatic heterocycles. The Labute approximate surface area is 101 Å². The van der Waals surface area contributed by atoms with Gasteiger partial charge in [0.1, 0.15) is 6.73 Å². The Morgan fingerprint density at radius 2 is 2.18 bits per heavy atom. The summed E-state index contributed by atoms with van der Waals surface area (Å²) in [6.07, 6.45) is 0. The van der Waals surface area contributed by atoms with Crippen LogP contribution in [0, 0.1) is 4.77 Å². The minimum atomic E-state index is -1.03. The van der Waals surface area contributed by atoms with Gasteiger partial charge in [0.15, 0.2) is 0 Å². The van der Waals surface area contributed by atoms with E-state index in [9.17, 15) is 4.79 Å². The Morgan fingerprint density at radius 1 is 1.41 bits per heavy atom. The maximum atomic E-state index is 10.8. The SMILES string of the molecule is O=C(O)c1cccc(-n2nnn(CO)c2=S)c1. The molecule has 88 valence electrons. The highest BCUT2D eigenvalue weighted by atomic mass is 32.1. The summed E-state index contributed by atoms with van der Waals surface area (Å²) in [6, 6.07) is 6.12. The van der Waals surface area contributed by atoms with Crippen molar-refractivity contribution in [1.82, 2.24) is 19.8 Å². The Hall–Kier alpha value is -2.06. The van der Waals surface area contributed by atoms with E-state index in [0.29, 0.717) is 5.69 Å². The third-order valence-electron chi connectivity index (χ3n) is 2.11. The van der Waals surface area contributed by atoms with E-state index in [1.807, 2.05) is 0 Å². The van der Waals surface area contributed by atoms with Crippen molar-refractivity contribution in [2.75, 3.05) is 0 Å². The lowest BCUT2D eigenvalue weighted by molar-refractivity contribution is 0.0697. The molecule has 17 heavy (non-hydrogen) atoms. The van der Waals surface area contributed by atoms with Crippen LogP contribution in [0.5, 0.6) is 0 Å². The van der Waals surface area contributed by atoms with Gasteiger partial charge in [0.2, 0.25) is 4.77 Å². The Balaban J connectivity index is 2.53. The first-order valence-electron chi connectivity index (χ1n) is 4.61. The lowest BCUT2D eigenvalue weighted by atomic mass is 10.2. The van der Waals surface area contributed by atoms with Gasteiger partial charge in [-0.2, -0.15) is 9.36 Å². The van der Waals surface area contributed by atoms with Gasteiger partial charge in [-0.25, -0.2) is 4.79 Å². The number of rotatable bonds is 3. The summed E-state index contributed by atoms with van der Waals surface area (Å²) < 4.78 is 2.58. The van der Waals surface area contributed by atoms with E-state index in [0.717, 1.165) is 4.68 Å². The van der Waals surface area contributed by atoms with Gasteiger partial charge in [0.25, 0.3) is 0 Å². The van der Waals surface area contributed by atoms with Crippen molar-refractivity contribution in [2.45, 2.75) is 6.73 Å². The lowest BCUT2D eigenvalue weighted by Crippen LogP contribution is -2.02. The topological polar surface area (TPSA) is 93.2 Å². The van der Waals surface area contributed by atoms with E-state index in [-0.39, 0.29) is 17.1 Å². The summed E-state index contributed by atoms with van der Waals surface area (Å²) in [7, 11) is 0. The average Bonchev–Trinajstić information content (AvgIpc) is 2.70. The van der Waals surface area contributed by atoms with Crippen LogP contribution in [-0.2, 0) is 6.73 Å². The van der Waals surface area contributed by atoms with Gasteiger partial charge in [0.05, 0.1) is 11.3 Å². The number of carboxylic acids is 1.